The highest BCUT2D eigenvalue weighted by molar-refractivity contribution is 9.10. The van der Waals surface area contributed by atoms with E-state index in [2.05, 4.69) is 21.2 Å². The van der Waals surface area contributed by atoms with E-state index in [4.69, 9.17) is 4.74 Å². The van der Waals surface area contributed by atoms with E-state index in [0.717, 1.165) is 21.5 Å². The number of rotatable bonds is 8. The summed E-state index contributed by atoms with van der Waals surface area (Å²) in [6.45, 7) is 4.55. The second-order valence-corrected chi connectivity index (χ2v) is 7.02. The molecular weight excluding hydrogens is 370 g/mol. The van der Waals surface area contributed by atoms with Gasteiger partial charge >= 0.3 is 5.97 Å². The lowest BCUT2D eigenvalue weighted by molar-refractivity contribution is -0.140. The predicted octanol–water partition coefficient (Wildman–Crippen LogP) is 4.83. The molecule has 0 saturated carbocycles. The van der Waals surface area contributed by atoms with Gasteiger partial charge in [0.05, 0.1) is 0 Å². The lowest BCUT2D eigenvalue weighted by Crippen LogP contribution is -2.37. The van der Waals surface area contributed by atoms with Crippen LogP contribution in [0, 0.1) is 5.92 Å². The zero-order valence-corrected chi connectivity index (χ0v) is 15.4. The molecule has 2 rings (SSSR count). The number of halogens is 1. The molecule has 2 aromatic rings. The van der Waals surface area contributed by atoms with Gasteiger partial charge < -0.3 is 15.2 Å². The second-order valence-electron chi connectivity index (χ2n) is 6.10. The van der Waals surface area contributed by atoms with Gasteiger partial charge in [0.25, 0.3) is 0 Å². The maximum atomic E-state index is 11.3. The van der Waals surface area contributed by atoms with Crippen LogP contribution in [0.25, 0.3) is 0 Å². The van der Waals surface area contributed by atoms with Gasteiger partial charge in [0, 0.05) is 11.0 Å². The average Bonchev–Trinajstić information content (AvgIpc) is 2.52. The zero-order chi connectivity index (χ0) is 17.5. The van der Waals surface area contributed by atoms with Gasteiger partial charge in [-0.25, -0.2) is 0 Å². The number of aliphatic carboxylic acids is 1. The van der Waals surface area contributed by atoms with Crippen molar-refractivity contribution < 1.29 is 14.6 Å². The standard InChI is InChI=1S/C19H22BrNO3/c1-13(2)10-18(19(22)23)21-12-14-6-8-16(9-7-14)24-17-5-3-4-15(20)11-17/h3-9,11,13,18,21H,10,12H2,1-2H3,(H,22,23)/t18-/m0/s1. The Labute approximate surface area is 151 Å². The van der Waals surface area contributed by atoms with Crippen molar-refractivity contribution in [3.63, 3.8) is 0 Å². The number of hydrogen-bond acceptors (Lipinski definition) is 3. The summed E-state index contributed by atoms with van der Waals surface area (Å²) in [5, 5.41) is 12.3. The lowest BCUT2D eigenvalue weighted by atomic mass is 10.0. The van der Waals surface area contributed by atoms with E-state index in [1.807, 2.05) is 62.4 Å². The topological polar surface area (TPSA) is 58.6 Å². The van der Waals surface area contributed by atoms with Crippen LogP contribution in [0.5, 0.6) is 11.5 Å². The van der Waals surface area contributed by atoms with Crippen LogP contribution in [0.4, 0.5) is 0 Å². The highest BCUT2D eigenvalue weighted by Crippen LogP contribution is 2.24. The third-order valence-electron chi connectivity index (χ3n) is 3.51. The van der Waals surface area contributed by atoms with Crippen molar-refractivity contribution in [1.29, 1.82) is 0 Å². The Hall–Kier alpha value is -1.85. The van der Waals surface area contributed by atoms with E-state index in [0.29, 0.717) is 18.9 Å². The largest absolute Gasteiger partial charge is 0.480 e. The van der Waals surface area contributed by atoms with Crippen LogP contribution in [-0.2, 0) is 11.3 Å². The van der Waals surface area contributed by atoms with Gasteiger partial charge in [-0.1, -0.05) is 48.0 Å². The van der Waals surface area contributed by atoms with Gasteiger partial charge in [0.2, 0.25) is 0 Å². The molecule has 0 aromatic heterocycles. The molecule has 0 aliphatic carbocycles. The van der Waals surface area contributed by atoms with Crippen molar-refractivity contribution in [3.8, 4) is 11.5 Å². The molecule has 0 unspecified atom stereocenters. The molecule has 0 fully saturated rings. The van der Waals surface area contributed by atoms with Crippen LogP contribution in [0.15, 0.2) is 53.0 Å². The molecule has 0 bridgehead atoms. The highest BCUT2D eigenvalue weighted by Gasteiger charge is 2.17. The number of ether oxygens (including phenoxy) is 1. The molecule has 0 amide bonds. The summed E-state index contributed by atoms with van der Waals surface area (Å²) in [6, 6.07) is 14.8. The summed E-state index contributed by atoms with van der Waals surface area (Å²) in [4.78, 5) is 11.3. The average molecular weight is 392 g/mol. The molecule has 2 N–H and O–H groups in total. The summed E-state index contributed by atoms with van der Waals surface area (Å²) < 4.78 is 6.75. The number of carboxylic acid groups (broad SMARTS) is 1. The Morgan fingerprint density at radius 3 is 2.46 bits per heavy atom. The number of nitrogens with one attached hydrogen (secondary N) is 1. The first-order chi connectivity index (χ1) is 11.4. The van der Waals surface area contributed by atoms with E-state index in [1.165, 1.54) is 0 Å². The fourth-order valence-electron chi connectivity index (χ4n) is 2.33. The smallest absolute Gasteiger partial charge is 0.320 e. The third kappa shape index (κ3) is 5.98. The third-order valence-corrected chi connectivity index (χ3v) is 4.01. The van der Waals surface area contributed by atoms with Crippen molar-refractivity contribution in [2.45, 2.75) is 32.9 Å². The Bertz CT molecular complexity index is 671. The molecule has 5 heteroatoms. The highest BCUT2D eigenvalue weighted by atomic mass is 79.9. The van der Waals surface area contributed by atoms with Crippen LogP contribution < -0.4 is 10.1 Å². The maximum Gasteiger partial charge on any atom is 0.320 e. The molecule has 0 saturated heterocycles. The van der Waals surface area contributed by atoms with Gasteiger partial charge in [-0.15, -0.1) is 0 Å². The van der Waals surface area contributed by atoms with Crippen LogP contribution >= 0.6 is 15.9 Å². The monoisotopic (exact) mass is 391 g/mol. The molecule has 4 nitrogen and oxygen atoms in total. The van der Waals surface area contributed by atoms with Gasteiger partial charge in [-0.3, -0.25) is 4.79 Å². The van der Waals surface area contributed by atoms with E-state index in [-0.39, 0.29) is 0 Å². The summed E-state index contributed by atoms with van der Waals surface area (Å²) in [6.07, 6.45) is 0.611. The van der Waals surface area contributed by atoms with Gasteiger partial charge in [-0.2, -0.15) is 0 Å². The summed E-state index contributed by atoms with van der Waals surface area (Å²) in [7, 11) is 0. The minimum absolute atomic E-state index is 0.333. The predicted molar refractivity (Wildman–Crippen MR) is 98.4 cm³/mol. The van der Waals surface area contributed by atoms with Crippen molar-refractivity contribution in [2.24, 2.45) is 5.92 Å². The molecular formula is C19H22BrNO3. The minimum Gasteiger partial charge on any atom is -0.480 e. The first kappa shape index (κ1) is 18.5. The maximum absolute atomic E-state index is 11.3. The molecule has 1 atom stereocenters. The normalized spacial score (nSPS) is 12.2. The van der Waals surface area contributed by atoms with Crippen molar-refractivity contribution >= 4 is 21.9 Å². The van der Waals surface area contributed by atoms with Crippen LogP contribution in [0.1, 0.15) is 25.8 Å². The Morgan fingerprint density at radius 1 is 1.17 bits per heavy atom. The van der Waals surface area contributed by atoms with Gasteiger partial charge in [0.1, 0.15) is 17.5 Å². The molecule has 24 heavy (non-hydrogen) atoms. The molecule has 2 aromatic carbocycles. The quantitative estimate of drug-likeness (QED) is 0.676. The van der Waals surface area contributed by atoms with E-state index >= 15 is 0 Å². The molecule has 0 radical (unpaired) electrons. The molecule has 0 heterocycles. The summed E-state index contributed by atoms with van der Waals surface area (Å²) in [5.41, 5.74) is 1.02. The molecule has 128 valence electrons. The van der Waals surface area contributed by atoms with E-state index in [1.54, 1.807) is 0 Å². The fraction of sp³-hybridized carbons (Fsp3) is 0.316. The minimum atomic E-state index is -0.807. The van der Waals surface area contributed by atoms with Crippen LogP contribution in [0.2, 0.25) is 0 Å². The summed E-state index contributed by atoms with van der Waals surface area (Å²) >= 11 is 3.41. The van der Waals surface area contributed by atoms with Gasteiger partial charge in [0.15, 0.2) is 0 Å². The van der Waals surface area contributed by atoms with Crippen molar-refractivity contribution in [3.05, 3.63) is 58.6 Å². The molecule has 0 spiro atoms. The second kappa shape index (κ2) is 8.85. The summed E-state index contributed by atoms with van der Waals surface area (Å²) in [5.74, 6) is 1.03. The number of carbonyl (C=O) groups is 1. The fourth-order valence-corrected chi connectivity index (χ4v) is 2.70. The van der Waals surface area contributed by atoms with Crippen molar-refractivity contribution in [2.75, 3.05) is 0 Å². The Balaban J connectivity index is 1.93. The van der Waals surface area contributed by atoms with E-state index < -0.39 is 12.0 Å². The molecule has 0 aliphatic rings. The lowest BCUT2D eigenvalue weighted by Gasteiger charge is -2.16. The van der Waals surface area contributed by atoms with Crippen molar-refractivity contribution in [1.82, 2.24) is 5.32 Å². The van der Waals surface area contributed by atoms with Crippen LogP contribution in [-0.4, -0.2) is 17.1 Å². The number of benzene rings is 2. The van der Waals surface area contributed by atoms with Gasteiger partial charge in [-0.05, 0) is 48.2 Å². The van der Waals surface area contributed by atoms with Crippen LogP contribution in [0.3, 0.4) is 0 Å². The van der Waals surface area contributed by atoms with E-state index in [9.17, 15) is 9.90 Å². The number of hydrogen-bond donors (Lipinski definition) is 2. The Morgan fingerprint density at radius 2 is 1.88 bits per heavy atom. The first-order valence-electron chi connectivity index (χ1n) is 7.92. The first-order valence-corrected chi connectivity index (χ1v) is 8.72. The zero-order valence-electron chi connectivity index (χ0n) is 13.8. The number of carboxylic acids is 1. The SMILES string of the molecule is CC(C)C[C@H](NCc1ccc(Oc2cccc(Br)c2)cc1)C(=O)O. The molecule has 0 aliphatic heterocycles. The Kier molecular flexibility index (Phi) is 6.82.